The summed E-state index contributed by atoms with van der Waals surface area (Å²) in [5.74, 6) is 0.225. The third kappa shape index (κ3) is 8.22. The van der Waals surface area contributed by atoms with Gasteiger partial charge in [-0.25, -0.2) is 0 Å². The normalized spacial score (nSPS) is 24.2. The third-order valence-corrected chi connectivity index (χ3v) is 2.63. The fourth-order valence-electron chi connectivity index (χ4n) is 1.49. The van der Waals surface area contributed by atoms with Crippen LogP contribution in [0.1, 0.15) is 26.2 Å². The number of carbonyl (C=O) groups excluding carboxylic acids is 1. The smallest absolute Gasteiger partial charge is 0.852 e. The van der Waals surface area contributed by atoms with Gasteiger partial charge in [0.2, 0.25) is 0 Å². The van der Waals surface area contributed by atoms with Gasteiger partial charge in [-0.15, -0.1) is 6.10 Å². The molecular weight excluding hydrogens is 391 g/mol. The monoisotopic (exact) mass is 411 g/mol. The summed E-state index contributed by atoms with van der Waals surface area (Å²) in [4.78, 5) is 9.50. The average molecular weight is 411 g/mol. The van der Waals surface area contributed by atoms with Gasteiger partial charge >= 0.3 is 21.1 Å². The summed E-state index contributed by atoms with van der Waals surface area (Å²) in [6.45, 7) is 2.96. The first kappa shape index (κ1) is 18.4. The molecule has 0 heterocycles. The Hall–Kier alpha value is 0.0383. The van der Waals surface area contributed by atoms with Crippen LogP contribution in [0, 0.1) is 11.8 Å². The molecule has 16 heavy (non-hydrogen) atoms. The Labute approximate surface area is 111 Å². The molecule has 1 aliphatic carbocycles. The van der Waals surface area contributed by atoms with Gasteiger partial charge in [0.05, 0.1) is 0 Å². The Balaban J connectivity index is 0. The maximum Gasteiger partial charge on any atom is 2.00 e. The van der Waals surface area contributed by atoms with E-state index in [4.69, 9.17) is 11.5 Å². The van der Waals surface area contributed by atoms with Crippen LogP contribution < -0.4 is 21.7 Å². The minimum Gasteiger partial charge on any atom is -0.852 e. The van der Waals surface area contributed by atoms with Crippen molar-refractivity contribution in [2.24, 2.45) is 23.3 Å². The van der Waals surface area contributed by atoms with Gasteiger partial charge in [0.15, 0.2) is 0 Å². The molecule has 1 aliphatic rings. The molecule has 0 aromatic carbocycles. The molecule has 0 spiro atoms. The Morgan fingerprint density at radius 1 is 1.31 bits per heavy atom. The van der Waals surface area contributed by atoms with Crippen LogP contribution in [-0.2, 0) is 25.9 Å². The summed E-state index contributed by atoms with van der Waals surface area (Å²) in [6.07, 6.45) is 1.18. The van der Waals surface area contributed by atoms with Crippen molar-refractivity contribution >= 4 is 5.97 Å². The van der Waals surface area contributed by atoms with E-state index < -0.39 is 12.1 Å². The summed E-state index contributed by atoms with van der Waals surface area (Å²) in [5, 5.41) is 19.4. The zero-order chi connectivity index (χ0) is 11.8. The van der Waals surface area contributed by atoms with Gasteiger partial charge in [-0.05, 0) is 44.2 Å². The Morgan fingerprint density at radius 2 is 1.69 bits per heavy atom. The first-order chi connectivity index (χ1) is 7.01. The van der Waals surface area contributed by atoms with E-state index in [-0.39, 0.29) is 27.5 Å². The predicted octanol–water partition coefficient (Wildman–Crippen LogP) is -2.20. The van der Waals surface area contributed by atoms with Gasteiger partial charge in [-0.1, -0.05) is 6.92 Å². The van der Waals surface area contributed by atoms with Crippen molar-refractivity contribution in [2.45, 2.75) is 32.3 Å². The molecule has 1 saturated carbocycles. The van der Waals surface area contributed by atoms with Crippen LogP contribution in [0.15, 0.2) is 0 Å². The van der Waals surface area contributed by atoms with Gasteiger partial charge in [-0.2, -0.15) is 0 Å². The van der Waals surface area contributed by atoms with Crippen molar-refractivity contribution in [3.8, 4) is 0 Å². The number of aliphatic carboxylic acids is 1. The molecule has 0 aromatic rings. The minimum atomic E-state index is -1.28. The van der Waals surface area contributed by atoms with Crippen LogP contribution in [0.25, 0.3) is 0 Å². The molecule has 98 valence electrons. The van der Waals surface area contributed by atoms with Crippen LogP contribution in [-0.4, -0.2) is 25.2 Å². The van der Waals surface area contributed by atoms with Crippen molar-refractivity contribution in [1.82, 2.24) is 0 Å². The van der Waals surface area contributed by atoms with Crippen LogP contribution in [0.2, 0.25) is 0 Å². The molecule has 3 unspecified atom stereocenters. The van der Waals surface area contributed by atoms with Crippen LogP contribution in [0.3, 0.4) is 0 Å². The van der Waals surface area contributed by atoms with E-state index in [2.05, 4.69) is 0 Å². The van der Waals surface area contributed by atoms with Crippen molar-refractivity contribution in [1.29, 1.82) is 0 Å². The van der Waals surface area contributed by atoms with E-state index in [1.165, 1.54) is 19.8 Å². The molecule has 0 bridgehead atoms. The molecular formula is C10H20N2O3Pt. The number of carboxylic acid groups (broad SMARTS) is 1. The maximum atomic E-state index is 9.92. The minimum absolute atomic E-state index is 0. The molecule has 0 saturated heterocycles. The largest absolute Gasteiger partial charge is 2.00 e. The predicted molar refractivity (Wildman–Crippen MR) is 53.4 cm³/mol. The standard InChI is InChI=1S/C6H14N2.C4H7O3.Pt/c7-3-5-1-2-6(5)4-8;1-3(5)2-4(6)7;/h5-6H,1-4,7-8H2;3H,2H2,1H3,(H,6,7);/q;-1;+2/p-1. The molecule has 0 aromatic heterocycles. The van der Waals surface area contributed by atoms with Crippen molar-refractivity contribution in [3.05, 3.63) is 0 Å². The second-order valence-corrected chi connectivity index (χ2v) is 3.96. The quantitative estimate of drug-likeness (QED) is 0.545. The van der Waals surface area contributed by atoms with E-state index in [9.17, 15) is 15.0 Å². The number of carbonyl (C=O) groups is 1. The van der Waals surface area contributed by atoms with Crippen molar-refractivity contribution in [3.63, 3.8) is 0 Å². The molecule has 0 radical (unpaired) electrons. The molecule has 0 amide bonds. The van der Waals surface area contributed by atoms with E-state index in [1.54, 1.807) is 0 Å². The summed E-state index contributed by atoms with van der Waals surface area (Å²) < 4.78 is 0. The van der Waals surface area contributed by atoms with Crippen LogP contribution >= 0.6 is 0 Å². The molecule has 1 rings (SSSR count). The molecule has 0 aliphatic heterocycles. The fourth-order valence-corrected chi connectivity index (χ4v) is 1.49. The van der Waals surface area contributed by atoms with E-state index in [0.717, 1.165) is 24.9 Å². The maximum absolute atomic E-state index is 9.92. The summed E-state index contributed by atoms with van der Waals surface area (Å²) in [5.41, 5.74) is 10.9. The SMILES string of the molecule is CC([O-])CC(=O)[O-].NCC1CCC1CN.[Pt+2]. The number of carboxylic acids is 1. The van der Waals surface area contributed by atoms with Gasteiger partial charge in [-0.3, -0.25) is 0 Å². The molecule has 3 atom stereocenters. The van der Waals surface area contributed by atoms with E-state index in [0.29, 0.717) is 0 Å². The van der Waals surface area contributed by atoms with Crippen molar-refractivity contribution in [2.75, 3.05) is 13.1 Å². The van der Waals surface area contributed by atoms with Gasteiger partial charge in [0.25, 0.3) is 0 Å². The van der Waals surface area contributed by atoms with Crippen LogP contribution in [0.4, 0.5) is 0 Å². The topological polar surface area (TPSA) is 115 Å². The molecule has 4 N–H and O–H groups in total. The summed E-state index contributed by atoms with van der Waals surface area (Å²) >= 11 is 0. The van der Waals surface area contributed by atoms with E-state index in [1.807, 2.05) is 0 Å². The Kier molecular flexibility index (Phi) is 11.7. The third-order valence-electron chi connectivity index (χ3n) is 2.63. The second-order valence-electron chi connectivity index (χ2n) is 3.96. The zero-order valence-corrected chi connectivity index (χ0v) is 11.7. The second kappa shape index (κ2) is 10.2. The van der Waals surface area contributed by atoms with E-state index >= 15 is 0 Å². The molecule has 6 heteroatoms. The molecule has 5 nitrogen and oxygen atoms in total. The number of rotatable bonds is 4. The fraction of sp³-hybridized carbons (Fsp3) is 0.900. The number of hydrogen-bond donors (Lipinski definition) is 2. The Morgan fingerprint density at radius 3 is 1.75 bits per heavy atom. The first-order valence-electron chi connectivity index (χ1n) is 5.27. The van der Waals surface area contributed by atoms with Gasteiger partial charge < -0.3 is 26.5 Å². The number of nitrogens with two attached hydrogens (primary N) is 2. The molecule has 1 fully saturated rings. The van der Waals surface area contributed by atoms with Crippen LogP contribution in [0.5, 0.6) is 0 Å². The zero-order valence-electron chi connectivity index (χ0n) is 9.46. The Bertz CT molecular complexity index is 177. The average Bonchev–Trinajstić information content (AvgIpc) is 2.02. The van der Waals surface area contributed by atoms with Gasteiger partial charge in [0, 0.05) is 5.97 Å². The summed E-state index contributed by atoms with van der Waals surface area (Å²) in [6, 6.07) is 0. The number of hydrogen-bond acceptors (Lipinski definition) is 5. The first-order valence-corrected chi connectivity index (χ1v) is 5.27. The summed E-state index contributed by atoms with van der Waals surface area (Å²) in [7, 11) is 0. The van der Waals surface area contributed by atoms with Crippen molar-refractivity contribution < 1.29 is 36.1 Å². The van der Waals surface area contributed by atoms with Gasteiger partial charge in [0.1, 0.15) is 0 Å².